The van der Waals surface area contributed by atoms with Gasteiger partial charge in [-0.05, 0) is 12.3 Å². The molecular weight excluding hydrogens is 276 g/mol. The van der Waals surface area contributed by atoms with Gasteiger partial charge in [-0.15, -0.1) is 10.2 Å². The van der Waals surface area contributed by atoms with E-state index in [1.54, 1.807) is 0 Å². The molecule has 0 fully saturated rings. The highest BCUT2D eigenvalue weighted by Gasteiger charge is 2.21. The number of hydrogen-bond acceptors (Lipinski definition) is 5. The van der Waals surface area contributed by atoms with Gasteiger partial charge in [0.25, 0.3) is 0 Å². The van der Waals surface area contributed by atoms with E-state index in [4.69, 9.17) is 5.11 Å². The molecular formula is C13H24N4O2S. The smallest absolute Gasteiger partial charge is 0.321 e. The summed E-state index contributed by atoms with van der Waals surface area (Å²) in [5, 5.41) is 23.9. The maximum atomic E-state index is 11.9. The molecule has 114 valence electrons. The average molecular weight is 300 g/mol. The van der Waals surface area contributed by atoms with Crippen molar-refractivity contribution >= 4 is 22.5 Å². The van der Waals surface area contributed by atoms with Gasteiger partial charge in [0, 0.05) is 18.1 Å². The molecule has 1 heterocycles. The van der Waals surface area contributed by atoms with Crippen LogP contribution in [-0.4, -0.2) is 34.0 Å². The van der Waals surface area contributed by atoms with E-state index in [2.05, 4.69) is 20.8 Å². The Hall–Kier alpha value is -1.21. The second-order valence-corrected chi connectivity index (χ2v) is 7.10. The van der Waals surface area contributed by atoms with Gasteiger partial charge in [-0.2, -0.15) is 0 Å². The van der Waals surface area contributed by atoms with Crippen LogP contribution in [-0.2, 0) is 5.41 Å². The fourth-order valence-electron chi connectivity index (χ4n) is 1.59. The summed E-state index contributed by atoms with van der Waals surface area (Å²) in [4.78, 5) is 11.9. The molecule has 0 bridgehead atoms. The number of urea groups is 1. The highest BCUT2D eigenvalue weighted by Crippen LogP contribution is 2.27. The van der Waals surface area contributed by atoms with Crippen molar-refractivity contribution < 1.29 is 9.90 Å². The first-order valence-corrected chi connectivity index (χ1v) is 7.58. The van der Waals surface area contributed by atoms with E-state index in [1.807, 2.05) is 34.6 Å². The van der Waals surface area contributed by atoms with Gasteiger partial charge in [-0.3, -0.25) is 5.32 Å². The lowest BCUT2D eigenvalue weighted by molar-refractivity contribution is 0.227. The average Bonchev–Trinajstić information content (AvgIpc) is 2.76. The Morgan fingerprint density at radius 1 is 1.35 bits per heavy atom. The second-order valence-electron chi connectivity index (χ2n) is 6.12. The van der Waals surface area contributed by atoms with Crippen LogP contribution < -0.4 is 10.6 Å². The first-order chi connectivity index (χ1) is 9.24. The van der Waals surface area contributed by atoms with Crippen molar-refractivity contribution in [3.8, 4) is 0 Å². The summed E-state index contributed by atoms with van der Waals surface area (Å²) in [6, 6.07) is -0.372. The zero-order chi connectivity index (χ0) is 15.3. The Morgan fingerprint density at radius 2 is 2.00 bits per heavy atom. The predicted octanol–water partition coefficient (Wildman–Crippen LogP) is 2.36. The highest BCUT2D eigenvalue weighted by molar-refractivity contribution is 7.15. The number of nitrogens with one attached hydrogen (secondary N) is 2. The molecule has 3 N–H and O–H groups in total. The number of amides is 2. The van der Waals surface area contributed by atoms with Crippen molar-refractivity contribution in [2.24, 2.45) is 5.92 Å². The molecule has 0 spiro atoms. The maximum absolute atomic E-state index is 11.9. The zero-order valence-corrected chi connectivity index (χ0v) is 13.5. The third kappa shape index (κ3) is 5.05. The van der Waals surface area contributed by atoms with Crippen molar-refractivity contribution in [3.05, 3.63) is 5.01 Å². The van der Waals surface area contributed by atoms with Crippen LogP contribution in [0.5, 0.6) is 0 Å². The van der Waals surface area contributed by atoms with E-state index in [1.165, 1.54) is 11.3 Å². The molecule has 1 atom stereocenters. The molecule has 2 amide bonds. The molecule has 1 unspecified atom stereocenters. The summed E-state index contributed by atoms with van der Waals surface area (Å²) in [6.07, 6.45) is 0.536. The van der Waals surface area contributed by atoms with E-state index in [0.717, 1.165) is 5.01 Å². The highest BCUT2D eigenvalue weighted by atomic mass is 32.1. The quantitative estimate of drug-likeness (QED) is 0.779. The van der Waals surface area contributed by atoms with Crippen LogP contribution in [0.2, 0.25) is 0 Å². The summed E-state index contributed by atoms with van der Waals surface area (Å²) in [6.45, 7) is 10.2. The van der Waals surface area contributed by atoms with Crippen molar-refractivity contribution in [2.45, 2.75) is 52.5 Å². The van der Waals surface area contributed by atoms with Crippen LogP contribution in [0.25, 0.3) is 0 Å². The zero-order valence-electron chi connectivity index (χ0n) is 12.7. The number of rotatable bonds is 5. The molecule has 1 aromatic heterocycles. The van der Waals surface area contributed by atoms with Crippen molar-refractivity contribution in [1.82, 2.24) is 15.5 Å². The van der Waals surface area contributed by atoms with Gasteiger partial charge in [-0.1, -0.05) is 46.0 Å². The lowest BCUT2D eigenvalue weighted by Crippen LogP contribution is -2.41. The van der Waals surface area contributed by atoms with Crippen molar-refractivity contribution in [3.63, 3.8) is 0 Å². The topological polar surface area (TPSA) is 87.1 Å². The normalized spacial score (nSPS) is 13.3. The molecule has 7 heteroatoms. The van der Waals surface area contributed by atoms with Crippen LogP contribution >= 0.6 is 11.3 Å². The Labute approximate surface area is 124 Å². The number of carbonyl (C=O) groups excluding carboxylic acids is 1. The SMILES string of the molecule is CC(C)C(CCO)NC(=O)Nc1nnc(C(C)(C)C)s1. The molecule has 20 heavy (non-hydrogen) atoms. The summed E-state index contributed by atoms with van der Waals surface area (Å²) in [5.74, 6) is 0.257. The van der Waals surface area contributed by atoms with E-state index < -0.39 is 0 Å². The number of aliphatic hydroxyl groups excluding tert-OH is 1. The number of anilines is 1. The van der Waals surface area contributed by atoms with Gasteiger partial charge in [0.15, 0.2) is 0 Å². The molecule has 0 aliphatic carbocycles. The Kier molecular flexibility index (Phi) is 5.88. The summed E-state index contributed by atoms with van der Waals surface area (Å²) in [7, 11) is 0. The fourth-order valence-corrected chi connectivity index (χ4v) is 2.39. The molecule has 0 saturated carbocycles. The first-order valence-electron chi connectivity index (χ1n) is 6.76. The summed E-state index contributed by atoms with van der Waals surface area (Å²) < 4.78 is 0. The number of carbonyl (C=O) groups is 1. The molecule has 1 aromatic rings. The van der Waals surface area contributed by atoms with E-state index in [9.17, 15) is 4.79 Å². The molecule has 0 aromatic carbocycles. The van der Waals surface area contributed by atoms with E-state index in [0.29, 0.717) is 11.6 Å². The largest absolute Gasteiger partial charge is 0.396 e. The van der Waals surface area contributed by atoms with Gasteiger partial charge in [0.1, 0.15) is 5.01 Å². The van der Waals surface area contributed by atoms with Crippen molar-refractivity contribution in [2.75, 3.05) is 11.9 Å². The standard InChI is InChI=1S/C13H24N4O2S/c1-8(2)9(6-7-18)14-11(19)15-12-17-16-10(20-12)13(3,4)5/h8-9,18H,6-7H2,1-5H3,(H2,14,15,17,19). The summed E-state index contributed by atoms with van der Waals surface area (Å²) >= 11 is 1.37. The third-order valence-corrected chi connectivity index (χ3v) is 4.11. The van der Waals surface area contributed by atoms with Crippen LogP contribution in [0.3, 0.4) is 0 Å². The monoisotopic (exact) mass is 300 g/mol. The van der Waals surface area contributed by atoms with Gasteiger partial charge in [0.2, 0.25) is 5.13 Å². The number of aliphatic hydroxyl groups is 1. The third-order valence-electron chi connectivity index (χ3n) is 2.85. The molecule has 0 aliphatic rings. The molecule has 1 rings (SSSR count). The minimum absolute atomic E-state index is 0.0517. The predicted molar refractivity (Wildman–Crippen MR) is 81.1 cm³/mol. The Morgan fingerprint density at radius 3 is 2.45 bits per heavy atom. The number of hydrogen-bond donors (Lipinski definition) is 3. The number of aromatic nitrogens is 2. The van der Waals surface area contributed by atoms with Gasteiger partial charge < -0.3 is 10.4 Å². The first kappa shape index (κ1) is 16.8. The van der Waals surface area contributed by atoms with Gasteiger partial charge >= 0.3 is 6.03 Å². The van der Waals surface area contributed by atoms with Crippen LogP contribution in [0.15, 0.2) is 0 Å². The minimum atomic E-state index is -0.311. The molecule has 0 aliphatic heterocycles. The lowest BCUT2D eigenvalue weighted by Gasteiger charge is -2.21. The molecule has 0 saturated heterocycles. The Bertz CT molecular complexity index is 440. The van der Waals surface area contributed by atoms with E-state index in [-0.39, 0.29) is 30.0 Å². The van der Waals surface area contributed by atoms with Gasteiger partial charge in [0.05, 0.1) is 0 Å². The number of nitrogens with zero attached hydrogens (tertiary/aromatic N) is 2. The summed E-state index contributed by atoms with van der Waals surface area (Å²) in [5.41, 5.74) is -0.0779. The van der Waals surface area contributed by atoms with Crippen molar-refractivity contribution in [1.29, 1.82) is 0 Å². The van der Waals surface area contributed by atoms with Crippen LogP contribution in [0.4, 0.5) is 9.93 Å². The molecule has 0 radical (unpaired) electrons. The fraction of sp³-hybridized carbons (Fsp3) is 0.769. The minimum Gasteiger partial charge on any atom is -0.396 e. The maximum Gasteiger partial charge on any atom is 0.321 e. The van der Waals surface area contributed by atoms with E-state index >= 15 is 0 Å². The lowest BCUT2D eigenvalue weighted by atomic mass is 9.98. The van der Waals surface area contributed by atoms with Crippen LogP contribution in [0.1, 0.15) is 46.0 Å². The van der Waals surface area contributed by atoms with Gasteiger partial charge in [-0.25, -0.2) is 4.79 Å². The Balaban J connectivity index is 2.60. The van der Waals surface area contributed by atoms with Crippen LogP contribution in [0, 0.1) is 5.92 Å². The molecule has 6 nitrogen and oxygen atoms in total. The second kappa shape index (κ2) is 6.99.